The van der Waals surface area contributed by atoms with E-state index in [2.05, 4.69) is 17.4 Å². The summed E-state index contributed by atoms with van der Waals surface area (Å²) < 4.78 is 51.0. The van der Waals surface area contributed by atoms with Gasteiger partial charge < -0.3 is 24.6 Å². The fourth-order valence-corrected chi connectivity index (χ4v) is 6.47. The van der Waals surface area contributed by atoms with Gasteiger partial charge in [0.1, 0.15) is 18.5 Å². The van der Waals surface area contributed by atoms with Gasteiger partial charge in [0.25, 0.3) is 11.8 Å². The number of hydrogen-bond acceptors (Lipinski definition) is 5. The van der Waals surface area contributed by atoms with Crippen LogP contribution < -0.4 is 10.1 Å². The summed E-state index contributed by atoms with van der Waals surface area (Å²) in [4.78, 5) is 43.0. The lowest BCUT2D eigenvalue weighted by Gasteiger charge is -2.42. The maximum atomic E-state index is 13.6. The number of anilines is 1. The summed E-state index contributed by atoms with van der Waals surface area (Å²) in [6, 6.07) is 16.7. The van der Waals surface area contributed by atoms with Gasteiger partial charge in [0.2, 0.25) is 5.91 Å². The van der Waals surface area contributed by atoms with Crippen molar-refractivity contribution in [2.24, 2.45) is 0 Å². The topological polar surface area (TPSA) is 88.2 Å². The van der Waals surface area contributed by atoms with Gasteiger partial charge in [0, 0.05) is 31.4 Å². The van der Waals surface area contributed by atoms with Crippen LogP contribution in [0, 0.1) is 0 Å². The Morgan fingerprint density at radius 1 is 1.00 bits per heavy atom. The summed E-state index contributed by atoms with van der Waals surface area (Å²) in [6.45, 7) is 0.172. The van der Waals surface area contributed by atoms with Gasteiger partial charge in [-0.15, -0.1) is 0 Å². The Morgan fingerprint density at radius 3 is 2.36 bits per heavy atom. The SMILES string of the molecule is CN(C(=O)C[C@@H]1CC[C@H]2[C@H](COc3ccc(NC(=O)c4ccc(C(F)(F)F)cc4)cc3C(=O)N2C)O1)C1Cc2ccccc2C1. The number of nitrogens with one attached hydrogen (secondary N) is 1. The Balaban J connectivity index is 1.09. The molecule has 2 heterocycles. The maximum Gasteiger partial charge on any atom is 0.416 e. The van der Waals surface area contributed by atoms with E-state index in [1.165, 1.54) is 17.2 Å². The predicted molar refractivity (Wildman–Crippen MR) is 160 cm³/mol. The van der Waals surface area contributed by atoms with E-state index < -0.39 is 23.8 Å². The first-order valence-electron chi connectivity index (χ1n) is 15.0. The first kappa shape index (κ1) is 30.6. The first-order chi connectivity index (χ1) is 21.5. The number of ether oxygens (including phenoxy) is 2. The molecule has 45 heavy (non-hydrogen) atoms. The molecule has 3 amide bonds. The van der Waals surface area contributed by atoms with Crippen LogP contribution in [0.15, 0.2) is 66.7 Å². The molecule has 6 rings (SSSR count). The third-order valence-corrected chi connectivity index (χ3v) is 9.12. The quantitative estimate of drug-likeness (QED) is 0.415. The largest absolute Gasteiger partial charge is 0.490 e. The van der Waals surface area contributed by atoms with Crippen molar-refractivity contribution in [2.45, 2.75) is 62.6 Å². The molecule has 3 aromatic carbocycles. The van der Waals surface area contributed by atoms with Gasteiger partial charge in [-0.1, -0.05) is 24.3 Å². The number of rotatable bonds is 5. The lowest BCUT2D eigenvalue weighted by atomic mass is 9.94. The van der Waals surface area contributed by atoms with Crippen LogP contribution in [0.5, 0.6) is 5.75 Å². The van der Waals surface area contributed by atoms with E-state index in [0.717, 1.165) is 37.1 Å². The molecule has 236 valence electrons. The Labute approximate surface area is 259 Å². The molecular weight excluding hydrogens is 587 g/mol. The Kier molecular flexibility index (Phi) is 8.30. The van der Waals surface area contributed by atoms with Crippen LogP contribution in [0.4, 0.5) is 18.9 Å². The van der Waals surface area contributed by atoms with E-state index in [-0.39, 0.29) is 54.2 Å². The lowest BCUT2D eigenvalue weighted by Crippen LogP contribution is -2.54. The molecule has 3 aliphatic rings. The van der Waals surface area contributed by atoms with Gasteiger partial charge in [-0.25, -0.2) is 0 Å². The molecule has 3 atom stereocenters. The molecule has 0 unspecified atom stereocenters. The molecule has 11 heteroatoms. The zero-order valence-corrected chi connectivity index (χ0v) is 25.0. The number of nitrogens with zero attached hydrogens (tertiary/aromatic N) is 2. The molecule has 1 fully saturated rings. The van der Waals surface area contributed by atoms with Crippen molar-refractivity contribution in [1.29, 1.82) is 0 Å². The van der Waals surface area contributed by atoms with Crippen molar-refractivity contribution in [3.63, 3.8) is 0 Å². The molecule has 0 aromatic heterocycles. The van der Waals surface area contributed by atoms with E-state index in [1.54, 1.807) is 24.1 Å². The van der Waals surface area contributed by atoms with Crippen LogP contribution in [0.25, 0.3) is 0 Å². The summed E-state index contributed by atoms with van der Waals surface area (Å²) in [7, 11) is 3.55. The first-order valence-corrected chi connectivity index (χ1v) is 15.0. The number of benzene rings is 3. The normalized spacial score (nSPS) is 21.5. The average Bonchev–Trinajstić information content (AvgIpc) is 3.47. The summed E-state index contributed by atoms with van der Waals surface area (Å²) >= 11 is 0. The molecule has 3 aromatic rings. The lowest BCUT2D eigenvalue weighted by molar-refractivity contribution is -0.143. The van der Waals surface area contributed by atoms with Gasteiger partial charge in [-0.3, -0.25) is 14.4 Å². The van der Waals surface area contributed by atoms with E-state index >= 15 is 0 Å². The van der Waals surface area contributed by atoms with Gasteiger partial charge in [0.05, 0.1) is 29.7 Å². The van der Waals surface area contributed by atoms with Crippen LogP contribution in [0.1, 0.15) is 56.7 Å². The minimum absolute atomic E-state index is 0.0312. The minimum Gasteiger partial charge on any atom is -0.490 e. The summed E-state index contributed by atoms with van der Waals surface area (Å²) in [5.41, 5.74) is 2.31. The Hall–Kier alpha value is -4.38. The van der Waals surface area contributed by atoms with Crippen molar-refractivity contribution in [1.82, 2.24) is 9.80 Å². The molecule has 2 aliphatic heterocycles. The highest BCUT2D eigenvalue weighted by Crippen LogP contribution is 2.34. The standard InChI is InChI=1S/C34H34F3N3O5/c1-39(25-15-21-5-3-4-6-22(21)16-25)31(41)18-26-12-13-28-30(45-26)19-44-29-14-11-24(17-27(29)33(43)40(28)2)38-32(42)20-7-9-23(10-8-20)34(35,36)37/h3-11,14,17,25-26,28,30H,12-13,15-16,18-19H2,1-2H3,(H,38,42)/t26-,28-,30-/m0/s1. The second kappa shape index (κ2) is 12.2. The van der Waals surface area contributed by atoms with Crippen LogP contribution >= 0.6 is 0 Å². The van der Waals surface area contributed by atoms with Crippen molar-refractivity contribution in [3.8, 4) is 5.75 Å². The monoisotopic (exact) mass is 621 g/mol. The Morgan fingerprint density at radius 2 is 1.69 bits per heavy atom. The number of amides is 3. The zero-order valence-electron chi connectivity index (χ0n) is 25.0. The number of carbonyl (C=O) groups is 3. The smallest absolute Gasteiger partial charge is 0.416 e. The van der Waals surface area contributed by atoms with E-state index in [9.17, 15) is 27.6 Å². The Bertz CT molecular complexity index is 1580. The van der Waals surface area contributed by atoms with E-state index in [1.807, 2.05) is 24.1 Å². The number of likely N-dealkylation sites (N-methyl/N-ethyl adjacent to an activating group) is 2. The third kappa shape index (κ3) is 6.40. The van der Waals surface area contributed by atoms with Gasteiger partial charge >= 0.3 is 6.18 Å². The number of halogens is 3. The molecule has 1 aliphatic carbocycles. The van der Waals surface area contributed by atoms with Gasteiger partial charge in [-0.05, 0) is 79.3 Å². The fourth-order valence-electron chi connectivity index (χ4n) is 6.47. The van der Waals surface area contributed by atoms with Crippen molar-refractivity contribution >= 4 is 23.4 Å². The van der Waals surface area contributed by atoms with Crippen LogP contribution in [-0.4, -0.2) is 72.5 Å². The zero-order chi connectivity index (χ0) is 31.9. The summed E-state index contributed by atoms with van der Waals surface area (Å²) in [5.74, 6) is -0.575. The second-order valence-electron chi connectivity index (χ2n) is 11.9. The van der Waals surface area contributed by atoms with Crippen LogP contribution in [0.2, 0.25) is 0 Å². The number of carbonyl (C=O) groups excluding carboxylic acids is 3. The van der Waals surface area contributed by atoms with Crippen LogP contribution in [-0.2, 0) is 28.5 Å². The maximum absolute atomic E-state index is 13.6. The molecule has 1 saturated heterocycles. The predicted octanol–water partition coefficient (Wildman–Crippen LogP) is 5.35. The van der Waals surface area contributed by atoms with Crippen molar-refractivity contribution in [3.05, 3.63) is 94.5 Å². The number of fused-ring (bicyclic) bond motifs is 3. The number of alkyl halides is 3. The molecule has 0 bridgehead atoms. The minimum atomic E-state index is -4.50. The number of hydrogen-bond donors (Lipinski definition) is 1. The molecule has 0 saturated carbocycles. The third-order valence-electron chi connectivity index (χ3n) is 9.12. The molecular formula is C34H34F3N3O5. The highest BCUT2D eigenvalue weighted by molar-refractivity contribution is 6.05. The molecule has 8 nitrogen and oxygen atoms in total. The summed E-state index contributed by atoms with van der Waals surface area (Å²) in [6.07, 6.45) is -2.05. The summed E-state index contributed by atoms with van der Waals surface area (Å²) in [5, 5.41) is 2.65. The van der Waals surface area contributed by atoms with E-state index in [0.29, 0.717) is 24.3 Å². The van der Waals surface area contributed by atoms with Gasteiger partial charge in [0.15, 0.2) is 0 Å². The highest BCUT2D eigenvalue weighted by atomic mass is 19.4. The highest BCUT2D eigenvalue weighted by Gasteiger charge is 2.40. The van der Waals surface area contributed by atoms with Gasteiger partial charge in [-0.2, -0.15) is 13.2 Å². The fraction of sp³-hybridized carbons (Fsp3) is 0.382. The molecule has 0 radical (unpaired) electrons. The van der Waals surface area contributed by atoms with Crippen molar-refractivity contribution < 1.29 is 37.0 Å². The average molecular weight is 622 g/mol. The van der Waals surface area contributed by atoms with E-state index in [4.69, 9.17) is 9.47 Å². The second-order valence-corrected chi connectivity index (χ2v) is 11.9. The van der Waals surface area contributed by atoms with Crippen LogP contribution in [0.3, 0.4) is 0 Å². The molecule has 1 N–H and O–H groups in total. The molecule has 0 spiro atoms. The van der Waals surface area contributed by atoms with Crippen molar-refractivity contribution in [2.75, 3.05) is 26.0 Å².